The first-order valence-corrected chi connectivity index (χ1v) is 3.89. The van der Waals surface area contributed by atoms with Gasteiger partial charge in [0.1, 0.15) is 11.6 Å². The summed E-state index contributed by atoms with van der Waals surface area (Å²) in [6.07, 6.45) is 0. The summed E-state index contributed by atoms with van der Waals surface area (Å²) in [7, 11) is -0.660. The highest BCUT2D eigenvalue weighted by atomic mass is 19.1. The summed E-state index contributed by atoms with van der Waals surface area (Å²) in [5, 5.41) is 17.5. The summed E-state index contributed by atoms with van der Waals surface area (Å²) in [6.45, 7) is -0.252. The molecule has 0 spiro atoms. The summed E-state index contributed by atoms with van der Waals surface area (Å²) in [4.78, 5) is 0. The van der Waals surface area contributed by atoms with Crippen molar-refractivity contribution in [3.8, 4) is 0 Å². The molecule has 6 heteroatoms. The van der Waals surface area contributed by atoms with E-state index in [9.17, 15) is 8.78 Å². The van der Waals surface area contributed by atoms with Gasteiger partial charge in [0.15, 0.2) is 0 Å². The molecule has 0 bridgehead atoms. The third-order valence-electron chi connectivity index (χ3n) is 1.78. The van der Waals surface area contributed by atoms with Crippen molar-refractivity contribution in [1.29, 1.82) is 0 Å². The number of rotatable bonds is 3. The lowest BCUT2D eigenvalue weighted by atomic mass is 9.79. The van der Waals surface area contributed by atoms with Crippen LogP contribution in [0.2, 0.25) is 0 Å². The van der Waals surface area contributed by atoms with Gasteiger partial charge in [-0.15, -0.1) is 0 Å². The van der Waals surface area contributed by atoms with E-state index in [1.54, 1.807) is 0 Å². The third-order valence-corrected chi connectivity index (χ3v) is 1.78. The number of benzene rings is 1. The average Bonchev–Trinajstić information content (AvgIpc) is 2.11. The van der Waals surface area contributed by atoms with Gasteiger partial charge in [-0.25, -0.2) is 8.78 Å². The first kappa shape index (κ1) is 11.1. The van der Waals surface area contributed by atoms with Crippen molar-refractivity contribution in [2.75, 3.05) is 7.11 Å². The Bertz CT molecular complexity index is 331. The Morgan fingerprint density at radius 3 is 2.50 bits per heavy atom. The fourth-order valence-corrected chi connectivity index (χ4v) is 1.09. The molecule has 1 aromatic rings. The molecular formula is C8H9BF2O3. The predicted octanol–water partition coefficient (Wildman–Crippen LogP) is -0.209. The minimum absolute atomic E-state index is 0.252. The van der Waals surface area contributed by atoms with Crippen LogP contribution in [0, 0.1) is 11.6 Å². The zero-order valence-corrected chi connectivity index (χ0v) is 7.50. The summed E-state index contributed by atoms with van der Waals surface area (Å²) >= 11 is 0. The number of hydrogen-bond donors (Lipinski definition) is 2. The standard InChI is InChI=1S/C8H9BF2O3/c1-14-4-5-7(10)3-2-6(8(5)11)9(12)13/h2-3,12-13H,4H2,1H3. The Morgan fingerprint density at radius 1 is 1.36 bits per heavy atom. The topological polar surface area (TPSA) is 49.7 Å². The molecule has 1 rings (SSSR count). The SMILES string of the molecule is COCc1c(F)ccc(B(O)O)c1F. The number of methoxy groups -OCH3 is 1. The molecule has 14 heavy (non-hydrogen) atoms. The lowest BCUT2D eigenvalue weighted by Crippen LogP contribution is -2.34. The Kier molecular flexibility index (Phi) is 3.57. The molecule has 76 valence electrons. The fourth-order valence-electron chi connectivity index (χ4n) is 1.09. The Balaban J connectivity index is 3.19. The average molecular weight is 202 g/mol. The van der Waals surface area contributed by atoms with Crippen molar-refractivity contribution in [3.63, 3.8) is 0 Å². The molecule has 0 aromatic heterocycles. The minimum Gasteiger partial charge on any atom is -0.423 e. The summed E-state index contributed by atoms with van der Waals surface area (Å²) in [5.74, 6) is -1.75. The molecule has 0 heterocycles. The summed E-state index contributed by atoms with van der Waals surface area (Å²) < 4.78 is 30.9. The molecule has 0 atom stereocenters. The van der Waals surface area contributed by atoms with Crippen molar-refractivity contribution >= 4 is 12.6 Å². The van der Waals surface area contributed by atoms with E-state index in [0.717, 1.165) is 12.1 Å². The van der Waals surface area contributed by atoms with E-state index < -0.39 is 18.8 Å². The smallest absolute Gasteiger partial charge is 0.423 e. The van der Waals surface area contributed by atoms with Crippen LogP contribution in [-0.4, -0.2) is 24.3 Å². The second-order valence-corrected chi connectivity index (χ2v) is 2.74. The van der Waals surface area contributed by atoms with E-state index in [2.05, 4.69) is 4.74 Å². The molecule has 0 saturated heterocycles. The Morgan fingerprint density at radius 2 is 2.00 bits per heavy atom. The van der Waals surface area contributed by atoms with Gasteiger partial charge in [0.2, 0.25) is 0 Å². The van der Waals surface area contributed by atoms with Gasteiger partial charge in [-0.2, -0.15) is 0 Å². The van der Waals surface area contributed by atoms with Crippen LogP contribution in [-0.2, 0) is 11.3 Å². The van der Waals surface area contributed by atoms with E-state index >= 15 is 0 Å². The maximum atomic E-state index is 13.3. The molecule has 0 aliphatic carbocycles. The quantitative estimate of drug-likeness (QED) is 0.666. The Hall–Kier alpha value is -0.975. The first-order chi connectivity index (χ1) is 6.57. The van der Waals surface area contributed by atoms with Crippen molar-refractivity contribution < 1.29 is 23.6 Å². The van der Waals surface area contributed by atoms with E-state index in [0.29, 0.717) is 0 Å². The largest absolute Gasteiger partial charge is 0.491 e. The summed E-state index contributed by atoms with van der Waals surface area (Å²) in [5.41, 5.74) is -0.670. The van der Waals surface area contributed by atoms with E-state index in [-0.39, 0.29) is 17.6 Å². The second-order valence-electron chi connectivity index (χ2n) is 2.74. The van der Waals surface area contributed by atoms with Crippen LogP contribution in [0.4, 0.5) is 8.78 Å². The highest BCUT2D eigenvalue weighted by Gasteiger charge is 2.21. The van der Waals surface area contributed by atoms with Gasteiger partial charge in [0, 0.05) is 18.1 Å². The molecule has 0 aliphatic rings. The van der Waals surface area contributed by atoms with E-state index in [1.807, 2.05) is 0 Å². The number of hydrogen-bond acceptors (Lipinski definition) is 3. The zero-order valence-electron chi connectivity index (χ0n) is 7.50. The molecule has 0 aliphatic heterocycles. The van der Waals surface area contributed by atoms with Crippen LogP contribution >= 0.6 is 0 Å². The first-order valence-electron chi connectivity index (χ1n) is 3.89. The van der Waals surface area contributed by atoms with Crippen molar-refractivity contribution in [2.45, 2.75) is 6.61 Å². The van der Waals surface area contributed by atoms with E-state index in [1.165, 1.54) is 7.11 Å². The van der Waals surface area contributed by atoms with Crippen LogP contribution in [0.1, 0.15) is 5.56 Å². The fraction of sp³-hybridized carbons (Fsp3) is 0.250. The number of halogens is 2. The van der Waals surface area contributed by atoms with Gasteiger partial charge in [-0.05, 0) is 6.07 Å². The molecule has 2 N–H and O–H groups in total. The molecule has 0 saturated carbocycles. The van der Waals surface area contributed by atoms with Gasteiger partial charge in [-0.3, -0.25) is 0 Å². The lowest BCUT2D eigenvalue weighted by Gasteiger charge is -2.07. The van der Waals surface area contributed by atoms with Crippen LogP contribution in [0.5, 0.6) is 0 Å². The van der Waals surface area contributed by atoms with Gasteiger partial charge < -0.3 is 14.8 Å². The molecule has 3 nitrogen and oxygen atoms in total. The van der Waals surface area contributed by atoms with E-state index in [4.69, 9.17) is 10.0 Å². The maximum absolute atomic E-state index is 13.3. The minimum atomic E-state index is -1.95. The molecular weight excluding hydrogens is 193 g/mol. The van der Waals surface area contributed by atoms with Gasteiger partial charge in [0.05, 0.1) is 6.61 Å². The normalized spacial score (nSPS) is 10.4. The van der Waals surface area contributed by atoms with Crippen molar-refractivity contribution in [2.24, 2.45) is 0 Å². The lowest BCUT2D eigenvalue weighted by molar-refractivity contribution is 0.177. The van der Waals surface area contributed by atoms with Crippen LogP contribution in [0.25, 0.3) is 0 Å². The number of ether oxygens (including phenoxy) is 1. The van der Waals surface area contributed by atoms with Crippen molar-refractivity contribution in [3.05, 3.63) is 29.3 Å². The summed E-state index contributed by atoms with van der Waals surface area (Å²) in [6, 6.07) is 1.95. The van der Waals surface area contributed by atoms with Gasteiger partial charge in [0.25, 0.3) is 0 Å². The molecule has 0 unspecified atom stereocenters. The highest BCUT2D eigenvalue weighted by Crippen LogP contribution is 2.11. The third kappa shape index (κ3) is 2.09. The van der Waals surface area contributed by atoms with Gasteiger partial charge >= 0.3 is 7.12 Å². The monoisotopic (exact) mass is 202 g/mol. The van der Waals surface area contributed by atoms with Gasteiger partial charge in [-0.1, -0.05) is 6.07 Å². The van der Waals surface area contributed by atoms with Crippen LogP contribution < -0.4 is 5.46 Å². The van der Waals surface area contributed by atoms with Crippen LogP contribution in [0.15, 0.2) is 12.1 Å². The maximum Gasteiger partial charge on any atom is 0.491 e. The highest BCUT2D eigenvalue weighted by molar-refractivity contribution is 6.58. The molecule has 0 radical (unpaired) electrons. The molecule has 0 amide bonds. The second kappa shape index (κ2) is 4.50. The predicted molar refractivity (Wildman–Crippen MR) is 46.9 cm³/mol. The Labute approximate surface area is 80.1 Å². The zero-order chi connectivity index (χ0) is 10.7. The van der Waals surface area contributed by atoms with Crippen molar-refractivity contribution in [1.82, 2.24) is 0 Å². The molecule has 1 aromatic carbocycles. The molecule has 0 fully saturated rings. The van der Waals surface area contributed by atoms with Crippen LogP contribution in [0.3, 0.4) is 0 Å².